The molecular weight excluding hydrogens is 659 g/mol. The highest BCUT2D eigenvalue weighted by Gasteiger charge is 2.57. The Balaban J connectivity index is 1.43. The number of β-amino-alcohol motifs (C(OH)–C–C–N with tert-alkyl or cyclic N) is 1. The number of non-ortho nitro benzene ring substituents is 1. The van der Waals surface area contributed by atoms with Gasteiger partial charge < -0.3 is 29.0 Å². The van der Waals surface area contributed by atoms with E-state index in [0.717, 1.165) is 17.7 Å². The summed E-state index contributed by atoms with van der Waals surface area (Å²) in [6, 6.07) is 15.9. The molecule has 1 aliphatic rings. The van der Waals surface area contributed by atoms with E-state index in [4.69, 9.17) is 19.3 Å². The summed E-state index contributed by atoms with van der Waals surface area (Å²) in [6.45, 7) is -0.193. The monoisotopic (exact) mass is 697 g/mol. The second-order valence-electron chi connectivity index (χ2n) is 12.3. The maximum atomic E-state index is 15.0. The lowest BCUT2D eigenvalue weighted by atomic mass is 9.85. The number of carboxylic acids is 1. The second-order valence-corrected chi connectivity index (χ2v) is 12.3. The Morgan fingerprint density at radius 1 is 1.04 bits per heavy atom. The number of ether oxygens (including phenoxy) is 3. The number of aromatic nitrogens is 1. The van der Waals surface area contributed by atoms with E-state index >= 15 is 13.2 Å². The van der Waals surface area contributed by atoms with Crippen LogP contribution in [0.2, 0.25) is 0 Å². The molecule has 1 fully saturated rings. The quantitative estimate of drug-likeness (QED) is 0.0904. The third kappa shape index (κ3) is 7.47. The number of nitrogens with zero attached hydrogens (tertiary/aromatic N) is 3. The summed E-state index contributed by atoms with van der Waals surface area (Å²) in [7, 11) is 4.45. The van der Waals surface area contributed by atoms with Crippen LogP contribution in [0.1, 0.15) is 41.2 Å². The maximum Gasteiger partial charge on any atom is 0.422 e. The first kappa shape index (κ1) is 36.4. The number of benzene rings is 3. The first-order chi connectivity index (χ1) is 23.8. The lowest BCUT2D eigenvalue weighted by Crippen LogP contribution is -2.52. The van der Waals surface area contributed by atoms with E-state index in [9.17, 15) is 20.0 Å². The molecule has 2 N–H and O–H groups in total. The molecule has 1 aliphatic heterocycles. The summed E-state index contributed by atoms with van der Waals surface area (Å²) < 4.78 is 63.7. The first-order valence-corrected chi connectivity index (χ1v) is 15.8. The highest BCUT2D eigenvalue weighted by atomic mass is 19.4. The van der Waals surface area contributed by atoms with Gasteiger partial charge in [0.15, 0.2) is 0 Å². The van der Waals surface area contributed by atoms with E-state index < -0.39 is 35.3 Å². The molecule has 2 unspecified atom stereocenters. The van der Waals surface area contributed by atoms with Gasteiger partial charge in [0.05, 0.1) is 36.3 Å². The molecule has 0 bridgehead atoms. The van der Waals surface area contributed by atoms with E-state index in [-0.39, 0.29) is 47.7 Å². The number of nitro benzene ring substituents is 1. The SMILES string of the molecule is COc1cc(C=CC(=O)O)cc(OC)c1C(OC)C1CCN(CC(O)(c2cn(Cc3ccccc3)c3cc([N+](=O)[O-])ccc23)C(F)(F)F)CC1. The Bertz CT molecular complexity index is 1840. The van der Waals surface area contributed by atoms with Gasteiger partial charge in [0, 0.05) is 55.6 Å². The molecule has 3 aromatic carbocycles. The van der Waals surface area contributed by atoms with Crippen molar-refractivity contribution in [2.75, 3.05) is 41.0 Å². The average Bonchev–Trinajstić information content (AvgIpc) is 3.46. The number of methoxy groups -OCH3 is 3. The number of likely N-dealkylation sites (tertiary alicyclic amines) is 1. The molecule has 1 aromatic heterocycles. The van der Waals surface area contributed by atoms with Gasteiger partial charge in [-0.2, -0.15) is 13.2 Å². The lowest BCUT2D eigenvalue weighted by molar-refractivity contribution is -0.384. The van der Waals surface area contributed by atoms with E-state index in [1.165, 1.54) is 50.3 Å². The fourth-order valence-electron chi connectivity index (χ4n) is 6.75. The molecule has 2 atom stereocenters. The van der Waals surface area contributed by atoms with E-state index in [0.29, 0.717) is 35.5 Å². The summed E-state index contributed by atoms with van der Waals surface area (Å²) in [5, 5.41) is 32.3. The van der Waals surface area contributed by atoms with Crippen LogP contribution in [0, 0.1) is 16.0 Å². The molecule has 0 aliphatic carbocycles. The van der Waals surface area contributed by atoms with Crippen LogP contribution in [0.25, 0.3) is 17.0 Å². The number of nitro groups is 1. The largest absolute Gasteiger partial charge is 0.496 e. The van der Waals surface area contributed by atoms with Gasteiger partial charge in [-0.25, -0.2) is 4.79 Å². The van der Waals surface area contributed by atoms with Gasteiger partial charge in [-0.1, -0.05) is 30.3 Å². The normalized spacial score (nSPS) is 16.4. The van der Waals surface area contributed by atoms with E-state index in [1.807, 2.05) is 0 Å². The van der Waals surface area contributed by atoms with Gasteiger partial charge >= 0.3 is 12.1 Å². The molecule has 0 spiro atoms. The fraction of sp³-hybridized carbons (Fsp3) is 0.361. The molecule has 5 rings (SSSR count). The van der Waals surface area contributed by atoms with Gasteiger partial charge in [-0.15, -0.1) is 0 Å². The Kier molecular flexibility index (Phi) is 10.8. The Hall–Kier alpha value is -4.92. The molecule has 1 saturated heterocycles. The summed E-state index contributed by atoms with van der Waals surface area (Å²) in [6.07, 6.45) is -1.17. The molecule has 50 heavy (non-hydrogen) atoms. The fourth-order valence-corrected chi connectivity index (χ4v) is 6.75. The van der Waals surface area contributed by atoms with Crippen LogP contribution >= 0.6 is 0 Å². The molecule has 2 heterocycles. The van der Waals surface area contributed by atoms with Crippen LogP contribution in [0.4, 0.5) is 18.9 Å². The van der Waals surface area contributed by atoms with Gasteiger partial charge in [-0.05, 0) is 67.3 Å². The second kappa shape index (κ2) is 14.9. The van der Waals surface area contributed by atoms with Crippen LogP contribution in [-0.2, 0) is 21.7 Å². The smallest absolute Gasteiger partial charge is 0.422 e. The number of aliphatic hydroxyl groups is 1. The predicted molar refractivity (Wildman–Crippen MR) is 179 cm³/mol. The molecule has 266 valence electrons. The van der Waals surface area contributed by atoms with Crippen molar-refractivity contribution in [2.24, 2.45) is 5.92 Å². The number of aliphatic carboxylic acids is 1. The molecule has 11 nitrogen and oxygen atoms in total. The Morgan fingerprint density at radius 3 is 2.22 bits per heavy atom. The number of hydrogen-bond acceptors (Lipinski definition) is 8. The van der Waals surface area contributed by atoms with E-state index in [2.05, 4.69) is 0 Å². The average molecular weight is 698 g/mol. The number of fused-ring (bicyclic) bond motifs is 1. The summed E-state index contributed by atoms with van der Waals surface area (Å²) in [5.41, 5.74) is -1.85. The number of piperidine rings is 1. The van der Waals surface area contributed by atoms with E-state index in [1.54, 1.807) is 47.4 Å². The summed E-state index contributed by atoms with van der Waals surface area (Å²) in [4.78, 5) is 23.6. The van der Waals surface area contributed by atoms with Crippen molar-refractivity contribution < 1.29 is 47.3 Å². The summed E-state index contributed by atoms with van der Waals surface area (Å²) in [5.74, 6) is -0.468. The number of carboxylic acid groups (broad SMARTS) is 1. The number of rotatable bonds is 13. The predicted octanol–water partition coefficient (Wildman–Crippen LogP) is 6.56. The van der Waals surface area contributed by atoms with Crippen LogP contribution in [0.5, 0.6) is 11.5 Å². The minimum Gasteiger partial charge on any atom is -0.496 e. The molecule has 0 amide bonds. The third-order valence-corrected chi connectivity index (χ3v) is 9.22. The minimum atomic E-state index is -5.08. The standard InChI is InChI=1S/C36H38F3N3O8/c1-48-30-17-24(9-12-32(43)44)18-31(49-2)33(30)34(50-3)25-13-15-40(16-14-25)22-35(45,36(37,38)39)28-21-41(20-23-7-5-4-6-8-23)29-19-26(42(46)47)10-11-27(28)29/h4-12,17-19,21,25,34,45H,13-16,20,22H2,1-3H3,(H,43,44). The zero-order valence-corrected chi connectivity index (χ0v) is 27.7. The van der Waals surface area contributed by atoms with Crippen LogP contribution in [0.15, 0.2) is 72.9 Å². The van der Waals surface area contributed by atoms with Crippen LogP contribution in [-0.4, -0.2) is 77.7 Å². The van der Waals surface area contributed by atoms with Gasteiger partial charge in [0.2, 0.25) is 5.60 Å². The highest BCUT2D eigenvalue weighted by molar-refractivity contribution is 5.87. The van der Waals surface area contributed by atoms with Crippen molar-refractivity contribution in [2.45, 2.75) is 37.3 Å². The van der Waals surface area contributed by atoms with Crippen molar-refractivity contribution in [3.63, 3.8) is 0 Å². The van der Waals surface area contributed by atoms with Crippen LogP contribution < -0.4 is 9.47 Å². The van der Waals surface area contributed by atoms with Crippen molar-refractivity contribution in [3.05, 3.63) is 105 Å². The number of alkyl halides is 3. The van der Waals surface area contributed by atoms with Crippen molar-refractivity contribution in [1.82, 2.24) is 9.47 Å². The van der Waals surface area contributed by atoms with Crippen molar-refractivity contribution in [1.29, 1.82) is 0 Å². The zero-order valence-electron chi connectivity index (χ0n) is 27.7. The van der Waals surface area contributed by atoms with Crippen molar-refractivity contribution in [3.8, 4) is 11.5 Å². The molecular formula is C36H38F3N3O8. The Labute approximate surface area is 286 Å². The maximum absolute atomic E-state index is 15.0. The summed E-state index contributed by atoms with van der Waals surface area (Å²) >= 11 is 0. The van der Waals surface area contributed by atoms with Gasteiger partial charge in [0.25, 0.3) is 5.69 Å². The lowest BCUT2D eigenvalue weighted by Gasteiger charge is -2.40. The van der Waals surface area contributed by atoms with Crippen LogP contribution in [0.3, 0.4) is 0 Å². The number of halogens is 3. The Morgan fingerprint density at radius 2 is 1.68 bits per heavy atom. The number of carbonyl (C=O) groups is 1. The van der Waals surface area contributed by atoms with Gasteiger partial charge in [-0.3, -0.25) is 15.0 Å². The molecule has 0 radical (unpaired) electrons. The van der Waals surface area contributed by atoms with Crippen molar-refractivity contribution >= 4 is 28.6 Å². The first-order valence-electron chi connectivity index (χ1n) is 15.8. The molecule has 14 heteroatoms. The highest BCUT2D eigenvalue weighted by Crippen LogP contribution is 2.46. The van der Waals surface area contributed by atoms with Gasteiger partial charge in [0.1, 0.15) is 11.5 Å². The topological polar surface area (TPSA) is 137 Å². The third-order valence-electron chi connectivity index (χ3n) is 9.22. The molecule has 4 aromatic rings. The number of hydrogen-bond donors (Lipinski definition) is 2. The molecule has 0 saturated carbocycles. The zero-order chi connectivity index (χ0) is 36.2. The minimum absolute atomic E-state index is 0.0709.